The number of carbonyl (C=O) groups excluding carboxylic acids is 1. The van der Waals surface area contributed by atoms with Gasteiger partial charge in [0.15, 0.2) is 0 Å². The van der Waals surface area contributed by atoms with Crippen LogP contribution < -0.4 is 10.6 Å². The molecule has 1 atom stereocenters. The van der Waals surface area contributed by atoms with Gasteiger partial charge in [0.1, 0.15) is 10.8 Å². The van der Waals surface area contributed by atoms with E-state index in [4.69, 9.17) is 11.6 Å². The van der Waals surface area contributed by atoms with Gasteiger partial charge in [0.2, 0.25) is 11.9 Å². The number of nitrogens with one attached hydrogen (secondary N) is 2. The molecule has 178 valence electrons. The Morgan fingerprint density at radius 1 is 1.15 bits per heavy atom. The van der Waals surface area contributed by atoms with Gasteiger partial charge in [-0.15, -0.1) is 0 Å². The van der Waals surface area contributed by atoms with Gasteiger partial charge in [0.25, 0.3) is 0 Å². The zero-order valence-electron chi connectivity index (χ0n) is 19.2. The summed E-state index contributed by atoms with van der Waals surface area (Å²) in [5.74, 6) is 1.32. The number of piperidine rings is 1. The predicted octanol–water partition coefficient (Wildman–Crippen LogP) is 3.68. The number of nitrogens with zero attached hydrogens (tertiary/aromatic N) is 6. The van der Waals surface area contributed by atoms with E-state index in [1.54, 1.807) is 6.20 Å². The third-order valence-corrected chi connectivity index (χ3v) is 7.31. The monoisotopic (exact) mass is 472 g/mol. The summed E-state index contributed by atoms with van der Waals surface area (Å²) in [4.78, 5) is 25.4. The molecule has 1 aliphatic carbocycles. The number of likely N-dealkylation sites (tertiary alicyclic amines) is 2. The number of rotatable bonds is 9. The van der Waals surface area contributed by atoms with Crippen molar-refractivity contribution >= 4 is 35.0 Å². The first-order valence-electron chi connectivity index (χ1n) is 12.2. The molecule has 0 radical (unpaired) electrons. The Bertz CT molecular complexity index is 969. The van der Waals surface area contributed by atoms with Crippen LogP contribution >= 0.6 is 11.6 Å². The molecule has 0 unspecified atom stereocenters. The van der Waals surface area contributed by atoms with Crippen molar-refractivity contribution in [3.63, 3.8) is 0 Å². The van der Waals surface area contributed by atoms with E-state index in [9.17, 15) is 4.79 Å². The second-order valence-electron chi connectivity index (χ2n) is 9.48. The summed E-state index contributed by atoms with van der Waals surface area (Å²) >= 11 is 6.31. The Morgan fingerprint density at radius 3 is 2.70 bits per heavy atom. The summed E-state index contributed by atoms with van der Waals surface area (Å²) in [5.41, 5.74) is 0.870. The number of hydrogen-bond acceptors (Lipinski definition) is 7. The number of halogens is 1. The lowest BCUT2D eigenvalue weighted by molar-refractivity contribution is -0.129. The lowest BCUT2D eigenvalue weighted by Crippen LogP contribution is -2.36. The molecule has 2 saturated heterocycles. The fraction of sp³-hybridized carbons (Fsp3) is 0.652. The lowest BCUT2D eigenvalue weighted by Gasteiger charge is -2.31. The smallest absolute Gasteiger partial charge is 0.229 e. The van der Waals surface area contributed by atoms with Crippen molar-refractivity contribution in [2.24, 2.45) is 0 Å². The third-order valence-electron chi connectivity index (χ3n) is 7.03. The van der Waals surface area contributed by atoms with E-state index >= 15 is 0 Å². The van der Waals surface area contributed by atoms with Crippen LogP contribution in [-0.4, -0.2) is 73.7 Å². The fourth-order valence-corrected chi connectivity index (χ4v) is 5.09. The van der Waals surface area contributed by atoms with Crippen molar-refractivity contribution in [2.45, 2.75) is 70.0 Å². The quantitative estimate of drug-likeness (QED) is 0.575. The van der Waals surface area contributed by atoms with Crippen LogP contribution in [0, 0.1) is 0 Å². The van der Waals surface area contributed by atoms with E-state index in [0.29, 0.717) is 35.8 Å². The van der Waals surface area contributed by atoms with E-state index in [1.807, 2.05) is 17.3 Å². The average molecular weight is 473 g/mol. The third kappa shape index (κ3) is 5.41. The van der Waals surface area contributed by atoms with Gasteiger partial charge in [-0.05, 0) is 45.4 Å². The molecule has 0 bridgehead atoms. The maximum absolute atomic E-state index is 11.9. The van der Waals surface area contributed by atoms with Gasteiger partial charge in [-0.1, -0.05) is 11.6 Å². The van der Waals surface area contributed by atoms with Crippen molar-refractivity contribution in [1.82, 2.24) is 29.5 Å². The fourth-order valence-electron chi connectivity index (χ4n) is 4.93. The molecule has 2 aliphatic heterocycles. The van der Waals surface area contributed by atoms with Crippen LogP contribution in [0.25, 0.3) is 0 Å². The minimum absolute atomic E-state index is 0.202. The summed E-state index contributed by atoms with van der Waals surface area (Å²) < 4.78 is 2.07. The molecule has 2 aromatic rings. The van der Waals surface area contributed by atoms with Gasteiger partial charge in [0.05, 0.1) is 24.1 Å². The predicted molar refractivity (Wildman–Crippen MR) is 129 cm³/mol. The summed E-state index contributed by atoms with van der Waals surface area (Å²) in [6, 6.07) is 1.49. The molecule has 9 nitrogen and oxygen atoms in total. The number of amides is 1. The highest BCUT2D eigenvalue weighted by atomic mass is 35.5. The zero-order chi connectivity index (χ0) is 22.8. The second-order valence-corrected chi connectivity index (χ2v) is 9.88. The Hall–Kier alpha value is -2.39. The second kappa shape index (κ2) is 9.85. The summed E-state index contributed by atoms with van der Waals surface area (Å²) in [6.07, 6.45) is 13.0. The van der Waals surface area contributed by atoms with Crippen molar-refractivity contribution in [2.75, 3.05) is 36.8 Å². The standard InChI is InChI=1S/C23H33ClN8O/c1-16(31-10-2-3-21(31)33)6-9-25-22-20(24)14-26-23(29-22)28-17-13-27-32(15-17)19-7-11-30(12-8-19)18-4-5-18/h13-16,18-19H,2-12H2,1H3,(H2,25,26,28,29)/t16-/m1/s1. The van der Waals surface area contributed by atoms with Crippen LogP contribution in [-0.2, 0) is 4.79 Å². The molecular weight excluding hydrogens is 440 g/mol. The average Bonchev–Trinajstić information content (AvgIpc) is 3.42. The van der Waals surface area contributed by atoms with Crippen molar-refractivity contribution in [3.05, 3.63) is 23.6 Å². The SMILES string of the molecule is C[C@H](CCNc1nc(Nc2cnn(C3CCN(C4CC4)CC3)c2)ncc1Cl)N1CCCC1=O. The van der Waals surface area contributed by atoms with Gasteiger partial charge in [-0.3, -0.25) is 9.48 Å². The molecule has 1 amide bonds. The van der Waals surface area contributed by atoms with Gasteiger partial charge < -0.3 is 20.4 Å². The van der Waals surface area contributed by atoms with Crippen LogP contribution in [0.5, 0.6) is 0 Å². The van der Waals surface area contributed by atoms with Gasteiger partial charge in [-0.25, -0.2) is 4.98 Å². The molecule has 5 rings (SSSR count). The lowest BCUT2D eigenvalue weighted by atomic mass is 10.1. The topological polar surface area (TPSA) is 91.2 Å². The van der Waals surface area contributed by atoms with E-state index in [0.717, 1.165) is 57.0 Å². The Kier molecular flexibility index (Phi) is 6.69. The molecule has 2 N–H and O–H groups in total. The van der Waals surface area contributed by atoms with Gasteiger partial charge >= 0.3 is 0 Å². The van der Waals surface area contributed by atoms with Gasteiger partial charge in [0, 0.05) is 50.9 Å². The van der Waals surface area contributed by atoms with E-state index in [1.165, 1.54) is 12.8 Å². The Labute approximate surface area is 199 Å². The van der Waals surface area contributed by atoms with Crippen molar-refractivity contribution in [3.8, 4) is 0 Å². The molecule has 33 heavy (non-hydrogen) atoms. The molecule has 3 aliphatic rings. The van der Waals surface area contributed by atoms with E-state index in [-0.39, 0.29) is 11.9 Å². The first-order chi connectivity index (χ1) is 16.1. The normalized spacial score (nSPS) is 20.9. The number of carbonyl (C=O) groups is 1. The molecule has 1 saturated carbocycles. The molecular formula is C23H33ClN8O. The van der Waals surface area contributed by atoms with Gasteiger partial charge in [-0.2, -0.15) is 10.1 Å². The summed E-state index contributed by atoms with van der Waals surface area (Å²) in [7, 11) is 0. The van der Waals surface area contributed by atoms with Crippen molar-refractivity contribution in [1.29, 1.82) is 0 Å². The van der Waals surface area contributed by atoms with E-state index in [2.05, 4.69) is 42.2 Å². The molecule has 4 heterocycles. The summed E-state index contributed by atoms with van der Waals surface area (Å²) in [5, 5.41) is 11.6. The van der Waals surface area contributed by atoms with Crippen LogP contribution in [0.2, 0.25) is 5.02 Å². The maximum Gasteiger partial charge on any atom is 0.229 e. The van der Waals surface area contributed by atoms with Crippen molar-refractivity contribution < 1.29 is 4.79 Å². The van der Waals surface area contributed by atoms with Crippen LogP contribution in [0.4, 0.5) is 17.5 Å². The highest BCUT2D eigenvalue weighted by Gasteiger charge is 2.32. The van der Waals surface area contributed by atoms with Crippen LogP contribution in [0.15, 0.2) is 18.6 Å². The molecule has 3 fully saturated rings. The Morgan fingerprint density at radius 2 is 1.97 bits per heavy atom. The van der Waals surface area contributed by atoms with E-state index < -0.39 is 0 Å². The largest absolute Gasteiger partial charge is 0.369 e. The molecule has 2 aromatic heterocycles. The highest BCUT2D eigenvalue weighted by Crippen LogP contribution is 2.32. The first-order valence-corrected chi connectivity index (χ1v) is 12.6. The summed E-state index contributed by atoms with van der Waals surface area (Å²) in [6.45, 7) is 5.96. The van der Waals surface area contributed by atoms with Crippen LogP contribution in [0.3, 0.4) is 0 Å². The molecule has 0 aromatic carbocycles. The number of hydrogen-bond donors (Lipinski definition) is 2. The zero-order valence-corrected chi connectivity index (χ0v) is 20.0. The maximum atomic E-state index is 11.9. The minimum Gasteiger partial charge on any atom is -0.369 e. The first kappa shape index (κ1) is 22.4. The molecule has 10 heteroatoms. The minimum atomic E-state index is 0.202. The van der Waals surface area contributed by atoms with Crippen LogP contribution in [0.1, 0.15) is 57.9 Å². The molecule has 0 spiro atoms. The number of anilines is 3. The number of aromatic nitrogens is 4. The Balaban J connectivity index is 1.14. The highest BCUT2D eigenvalue weighted by molar-refractivity contribution is 6.32.